The van der Waals surface area contributed by atoms with Crippen molar-refractivity contribution in [1.29, 1.82) is 0 Å². The molecule has 2 aromatic heterocycles. The first-order valence-electron chi connectivity index (χ1n) is 10.4. The van der Waals surface area contributed by atoms with Crippen molar-refractivity contribution in [3.05, 3.63) is 36.4 Å². The molecule has 8 heteroatoms. The van der Waals surface area contributed by atoms with Crippen LogP contribution in [-0.4, -0.2) is 46.4 Å². The summed E-state index contributed by atoms with van der Waals surface area (Å²) in [6.45, 7) is 5.63. The number of unbranched alkanes of at least 4 members (excludes halogenated alkanes) is 2. The van der Waals surface area contributed by atoms with E-state index in [1.807, 2.05) is 36.4 Å². The van der Waals surface area contributed by atoms with Crippen LogP contribution < -0.4 is 10.6 Å². The minimum Gasteiger partial charge on any atom is -0.355 e. The highest BCUT2D eigenvalue weighted by Crippen LogP contribution is 2.23. The van der Waals surface area contributed by atoms with E-state index in [0.717, 1.165) is 47.1 Å². The Morgan fingerprint density at radius 1 is 0.767 bits per heavy atom. The monoisotopic (exact) mass is 446 g/mol. The molecule has 0 bridgehead atoms. The summed E-state index contributed by atoms with van der Waals surface area (Å²) >= 11 is 2.83. The molecule has 0 fully saturated rings. The van der Waals surface area contributed by atoms with Crippen LogP contribution in [0.1, 0.15) is 39.5 Å². The van der Waals surface area contributed by atoms with Crippen molar-refractivity contribution in [1.82, 2.24) is 20.6 Å². The normalized spacial score (nSPS) is 10.6. The van der Waals surface area contributed by atoms with E-state index >= 15 is 0 Å². The van der Waals surface area contributed by atoms with Crippen molar-refractivity contribution >= 4 is 35.3 Å². The van der Waals surface area contributed by atoms with Crippen LogP contribution in [0.15, 0.2) is 46.5 Å². The van der Waals surface area contributed by atoms with Crippen LogP contribution in [-0.2, 0) is 9.59 Å². The molecule has 0 aliphatic rings. The van der Waals surface area contributed by atoms with Crippen LogP contribution in [0.25, 0.3) is 11.4 Å². The molecule has 0 atom stereocenters. The lowest BCUT2D eigenvalue weighted by molar-refractivity contribution is -0.119. The van der Waals surface area contributed by atoms with E-state index in [-0.39, 0.29) is 11.8 Å². The lowest BCUT2D eigenvalue weighted by Crippen LogP contribution is -2.26. The Kier molecular flexibility index (Phi) is 11.3. The third kappa shape index (κ3) is 9.17. The molecule has 0 spiro atoms. The molecule has 162 valence electrons. The maximum absolute atomic E-state index is 11.9. The molecule has 0 radical (unpaired) electrons. The number of nitrogens with zero attached hydrogens (tertiary/aromatic N) is 2. The number of pyridine rings is 2. The first kappa shape index (κ1) is 24.2. The van der Waals surface area contributed by atoms with E-state index in [0.29, 0.717) is 24.6 Å². The molecule has 0 aromatic carbocycles. The van der Waals surface area contributed by atoms with Gasteiger partial charge in [0.1, 0.15) is 0 Å². The summed E-state index contributed by atoms with van der Waals surface area (Å²) in [4.78, 5) is 33.0. The molecule has 2 rings (SSSR count). The van der Waals surface area contributed by atoms with E-state index in [9.17, 15) is 9.59 Å². The molecular weight excluding hydrogens is 416 g/mol. The highest BCUT2D eigenvalue weighted by Gasteiger charge is 2.08. The van der Waals surface area contributed by atoms with Crippen molar-refractivity contribution in [3.8, 4) is 11.4 Å². The quantitative estimate of drug-likeness (QED) is 0.355. The second-order valence-electron chi connectivity index (χ2n) is 6.71. The van der Waals surface area contributed by atoms with Gasteiger partial charge in [-0.15, -0.1) is 0 Å². The van der Waals surface area contributed by atoms with Crippen molar-refractivity contribution in [2.24, 2.45) is 0 Å². The summed E-state index contributed by atoms with van der Waals surface area (Å²) in [5.74, 6) is 0.733. The van der Waals surface area contributed by atoms with Crippen molar-refractivity contribution in [2.45, 2.75) is 49.6 Å². The largest absolute Gasteiger partial charge is 0.355 e. The fraction of sp³-hybridized carbons (Fsp3) is 0.455. The first-order chi connectivity index (χ1) is 14.6. The number of thioether (sulfide) groups is 2. The van der Waals surface area contributed by atoms with Gasteiger partial charge in [-0.3, -0.25) is 9.59 Å². The van der Waals surface area contributed by atoms with Gasteiger partial charge in [-0.1, -0.05) is 62.3 Å². The molecular formula is C22H30N4O2S2. The Bertz CT molecular complexity index is 750. The van der Waals surface area contributed by atoms with Crippen LogP contribution in [0.5, 0.6) is 0 Å². The number of carbonyl (C=O) groups excluding carboxylic acids is 2. The number of carbonyl (C=O) groups is 2. The van der Waals surface area contributed by atoms with Gasteiger partial charge < -0.3 is 10.6 Å². The number of hydrogen-bond donors (Lipinski definition) is 2. The number of rotatable bonds is 13. The smallest absolute Gasteiger partial charge is 0.230 e. The first-order valence-corrected chi connectivity index (χ1v) is 12.3. The lowest BCUT2D eigenvalue weighted by Gasteiger charge is -2.07. The molecule has 2 amide bonds. The van der Waals surface area contributed by atoms with E-state index in [1.54, 1.807) is 0 Å². The van der Waals surface area contributed by atoms with E-state index in [1.165, 1.54) is 23.5 Å². The average molecular weight is 447 g/mol. The molecule has 2 heterocycles. The van der Waals surface area contributed by atoms with Gasteiger partial charge in [-0.05, 0) is 37.1 Å². The predicted molar refractivity (Wildman–Crippen MR) is 125 cm³/mol. The highest BCUT2D eigenvalue weighted by atomic mass is 32.2. The molecule has 0 unspecified atom stereocenters. The van der Waals surface area contributed by atoms with E-state index in [4.69, 9.17) is 0 Å². The third-order valence-electron chi connectivity index (χ3n) is 4.12. The molecule has 0 aliphatic carbocycles. The minimum atomic E-state index is 0.0226. The Labute approximate surface area is 187 Å². The van der Waals surface area contributed by atoms with Gasteiger partial charge in [-0.25, -0.2) is 9.97 Å². The molecule has 0 saturated carbocycles. The van der Waals surface area contributed by atoms with Gasteiger partial charge in [0.15, 0.2) is 0 Å². The number of hydrogen-bond acceptors (Lipinski definition) is 6. The number of amides is 2. The molecule has 6 nitrogen and oxygen atoms in total. The maximum Gasteiger partial charge on any atom is 0.230 e. The van der Waals surface area contributed by atoms with E-state index < -0.39 is 0 Å². The molecule has 0 saturated heterocycles. The van der Waals surface area contributed by atoms with Gasteiger partial charge in [0, 0.05) is 13.1 Å². The highest BCUT2D eigenvalue weighted by molar-refractivity contribution is 8.00. The number of aromatic nitrogens is 2. The molecule has 0 aliphatic heterocycles. The third-order valence-corrected chi connectivity index (χ3v) is 5.98. The van der Waals surface area contributed by atoms with Gasteiger partial charge in [0.2, 0.25) is 11.8 Å². The standard InChI is InChI=1S/C22H30N4O2S2/c1-3-5-13-23-19(27)15-29-21-11-7-9-17(25-21)18-10-8-12-22(26-18)30-16-20(28)24-14-6-4-2/h7-12H,3-6,13-16H2,1-2H3,(H,23,27)(H,24,28). The van der Waals surface area contributed by atoms with Gasteiger partial charge in [0.25, 0.3) is 0 Å². The summed E-state index contributed by atoms with van der Waals surface area (Å²) in [6, 6.07) is 11.4. The van der Waals surface area contributed by atoms with Crippen LogP contribution in [0.4, 0.5) is 0 Å². The Balaban J connectivity index is 1.91. The summed E-state index contributed by atoms with van der Waals surface area (Å²) in [6.07, 6.45) is 4.10. The topological polar surface area (TPSA) is 84.0 Å². The lowest BCUT2D eigenvalue weighted by atomic mass is 10.2. The average Bonchev–Trinajstić information content (AvgIpc) is 2.77. The van der Waals surface area contributed by atoms with Gasteiger partial charge in [-0.2, -0.15) is 0 Å². The van der Waals surface area contributed by atoms with Crippen LogP contribution in [0.2, 0.25) is 0 Å². The Morgan fingerprint density at radius 2 is 1.20 bits per heavy atom. The van der Waals surface area contributed by atoms with E-state index in [2.05, 4.69) is 34.4 Å². The molecule has 2 aromatic rings. The fourth-order valence-corrected chi connectivity index (χ4v) is 3.90. The minimum absolute atomic E-state index is 0.0226. The van der Waals surface area contributed by atoms with Crippen LogP contribution in [0, 0.1) is 0 Å². The summed E-state index contributed by atoms with van der Waals surface area (Å²) in [7, 11) is 0. The van der Waals surface area contributed by atoms with Gasteiger partial charge >= 0.3 is 0 Å². The molecule has 30 heavy (non-hydrogen) atoms. The SMILES string of the molecule is CCCCNC(=O)CSc1cccc(-c2cccc(SCC(=O)NCCCC)n2)n1. The number of nitrogens with one attached hydrogen (secondary N) is 2. The zero-order valence-electron chi connectivity index (χ0n) is 17.6. The Hall–Kier alpha value is -2.06. The molecule has 2 N–H and O–H groups in total. The van der Waals surface area contributed by atoms with Crippen molar-refractivity contribution in [2.75, 3.05) is 24.6 Å². The summed E-state index contributed by atoms with van der Waals surface area (Å²) in [5, 5.41) is 7.39. The summed E-state index contributed by atoms with van der Waals surface area (Å²) < 4.78 is 0. The predicted octanol–water partition coefficient (Wildman–Crippen LogP) is 4.16. The fourth-order valence-electron chi connectivity index (χ4n) is 2.47. The van der Waals surface area contributed by atoms with Crippen molar-refractivity contribution in [3.63, 3.8) is 0 Å². The van der Waals surface area contributed by atoms with Crippen LogP contribution >= 0.6 is 23.5 Å². The zero-order valence-corrected chi connectivity index (χ0v) is 19.3. The Morgan fingerprint density at radius 3 is 1.60 bits per heavy atom. The zero-order chi connectivity index (χ0) is 21.6. The van der Waals surface area contributed by atoms with Crippen molar-refractivity contribution < 1.29 is 9.59 Å². The van der Waals surface area contributed by atoms with Gasteiger partial charge in [0.05, 0.1) is 32.9 Å². The van der Waals surface area contributed by atoms with Crippen LogP contribution in [0.3, 0.4) is 0 Å². The second kappa shape index (κ2) is 14.0. The second-order valence-corrected chi connectivity index (χ2v) is 8.70. The summed E-state index contributed by atoms with van der Waals surface area (Å²) in [5.41, 5.74) is 1.50. The maximum atomic E-state index is 11.9.